The summed E-state index contributed by atoms with van der Waals surface area (Å²) >= 11 is 0. The van der Waals surface area contributed by atoms with Gasteiger partial charge in [0, 0.05) is 19.5 Å². The third-order valence-corrected chi connectivity index (χ3v) is 4.62. The molecule has 0 saturated carbocycles. The predicted molar refractivity (Wildman–Crippen MR) is 91.2 cm³/mol. The first-order valence-corrected chi connectivity index (χ1v) is 8.18. The lowest BCUT2D eigenvalue weighted by Gasteiger charge is -2.33. The third kappa shape index (κ3) is 2.23. The van der Waals surface area contributed by atoms with E-state index >= 15 is 0 Å². The van der Waals surface area contributed by atoms with Crippen molar-refractivity contribution < 1.29 is 14.2 Å². The molecule has 1 saturated heterocycles. The largest absolute Gasteiger partial charge is 0.416 e. The molecule has 8 heteroatoms. The van der Waals surface area contributed by atoms with Gasteiger partial charge < -0.3 is 0 Å². The average molecular weight is 333 g/mol. The molecule has 3 aliphatic rings. The van der Waals surface area contributed by atoms with Gasteiger partial charge in [0.05, 0.1) is 11.8 Å². The van der Waals surface area contributed by atoms with Gasteiger partial charge in [-0.1, -0.05) is 25.8 Å². The van der Waals surface area contributed by atoms with E-state index in [2.05, 4.69) is 25.8 Å². The van der Waals surface area contributed by atoms with Crippen molar-refractivity contribution in [1.29, 1.82) is 0 Å². The van der Waals surface area contributed by atoms with Gasteiger partial charge in [0.2, 0.25) is 11.9 Å². The van der Waals surface area contributed by atoms with Gasteiger partial charge in [0.1, 0.15) is 6.54 Å². The molecule has 0 bridgehead atoms. The maximum absolute atomic E-state index is 12.7. The summed E-state index contributed by atoms with van der Waals surface area (Å²) in [6, 6.07) is -0.830. The van der Waals surface area contributed by atoms with Crippen LogP contribution in [0.4, 0.5) is 4.79 Å². The third-order valence-electron chi connectivity index (χ3n) is 4.62. The van der Waals surface area contributed by atoms with Crippen LogP contribution in [0.5, 0.6) is 0 Å². The molecule has 1 fully saturated rings. The first-order chi connectivity index (χ1) is 11.0. The van der Waals surface area contributed by atoms with Crippen LogP contribution in [0.15, 0.2) is 10.1 Å². The molecule has 1 unspecified atom stereocenters. The molecule has 3 rings (SSSR count). The Morgan fingerprint density at radius 2 is 1.79 bits per heavy atom. The van der Waals surface area contributed by atoms with Crippen LogP contribution >= 0.6 is 0 Å². The molecule has 0 spiro atoms. The zero-order valence-corrected chi connectivity index (χ0v) is 15.4. The molecule has 130 valence electrons. The number of hydrogen-bond acceptors (Lipinski definition) is 5. The number of guanidine groups is 1. The number of amidine groups is 1. The van der Waals surface area contributed by atoms with Crippen LogP contribution in [0.3, 0.4) is 0 Å². The molecular formula is C16H25N6O2+. The first-order valence-electron chi connectivity index (χ1n) is 8.18. The van der Waals surface area contributed by atoms with Crippen molar-refractivity contribution in [2.45, 2.75) is 46.7 Å². The number of aliphatic imine (C=N–C) groups is 1. The molecule has 0 N–H and O–H groups in total. The number of likely N-dealkylation sites (N-methyl/N-ethyl adjacent to an activating group) is 2. The summed E-state index contributed by atoms with van der Waals surface area (Å²) in [4.78, 5) is 32.2. The van der Waals surface area contributed by atoms with Crippen molar-refractivity contribution >= 4 is 29.4 Å². The Morgan fingerprint density at radius 3 is 2.33 bits per heavy atom. The monoisotopic (exact) mass is 333 g/mol. The van der Waals surface area contributed by atoms with Crippen LogP contribution in [0.25, 0.3) is 0 Å². The van der Waals surface area contributed by atoms with E-state index in [0.717, 1.165) is 10.6 Å². The number of carbonyl (C=O) groups is 2. The molecule has 1 atom stereocenters. The van der Waals surface area contributed by atoms with Crippen LogP contribution in [-0.2, 0) is 4.79 Å². The fourth-order valence-electron chi connectivity index (χ4n) is 3.03. The standard InChI is InChI=1S/C16H25N6O2/c1-9(2)22-14-17-12-11(13(23)20(7)15(24)19(12)6)21(14)8-10(18-22)16(3,4)5/h9,11H,8H2,1-7H3/q+1. The number of urea groups is 1. The Balaban J connectivity index is 2.09. The summed E-state index contributed by atoms with van der Waals surface area (Å²) in [7, 11) is 3.17. The zero-order chi connectivity index (χ0) is 18.0. The second-order valence-corrected chi connectivity index (χ2v) is 7.77. The van der Waals surface area contributed by atoms with E-state index in [4.69, 9.17) is 5.10 Å². The molecule has 3 amide bonds. The molecule has 0 aromatic heterocycles. The Hall–Kier alpha value is -2.25. The van der Waals surface area contributed by atoms with Crippen LogP contribution in [0, 0.1) is 5.41 Å². The minimum Gasteiger partial charge on any atom is -0.270 e. The van der Waals surface area contributed by atoms with E-state index in [1.807, 2.05) is 23.4 Å². The van der Waals surface area contributed by atoms with Gasteiger partial charge in [-0.25, -0.2) is 9.37 Å². The minimum atomic E-state index is -0.568. The average Bonchev–Trinajstić information content (AvgIpc) is 2.88. The van der Waals surface area contributed by atoms with E-state index in [1.165, 1.54) is 11.9 Å². The number of rotatable bonds is 1. The highest BCUT2D eigenvalue weighted by Gasteiger charge is 2.54. The number of carbonyl (C=O) groups excluding carboxylic acids is 2. The fourth-order valence-corrected chi connectivity index (χ4v) is 3.03. The number of fused-ring (bicyclic) bond motifs is 2. The fraction of sp³-hybridized carbons (Fsp3) is 0.688. The summed E-state index contributed by atoms with van der Waals surface area (Å²) in [6.45, 7) is 10.9. The van der Waals surface area contributed by atoms with E-state index in [-0.39, 0.29) is 23.4 Å². The Labute approximate surface area is 142 Å². The molecule has 8 nitrogen and oxygen atoms in total. The van der Waals surface area contributed by atoms with Crippen LogP contribution in [0.1, 0.15) is 34.6 Å². The number of amides is 3. The molecule has 0 aliphatic carbocycles. The predicted octanol–water partition coefficient (Wildman–Crippen LogP) is 0.786. The number of hydrogen-bond donors (Lipinski definition) is 0. The lowest BCUT2D eigenvalue weighted by molar-refractivity contribution is -0.528. The minimum absolute atomic E-state index is 0.0958. The Bertz CT molecular complexity index is 713. The van der Waals surface area contributed by atoms with Gasteiger partial charge in [0.15, 0.2) is 0 Å². The smallest absolute Gasteiger partial charge is 0.270 e. The summed E-state index contributed by atoms with van der Waals surface area (Å²) < 4.78 is 1.96. The molecular weight excluding hydrogens is 308 g/mol. The maximum atomic E-state index is 12.7. The van der Waals surface area contributed by atoms with Gasteiger partial charge in [-0.2, -0.15) is 0 Å². The van der Waals surface area contributed by atoms with Crippen molar-refractivity contribution in [3.8, 4) is 0 Å². The highest BCUT2D eigenvalue weighted by Crippen LogP contribution is 2.27. The lowest BCUT2D eigenvalue weighted by atomic mass is 9.89. The second-order valence-electron chi connectivity index (χ2n) is 7.77. The van der Waals surface area contributed by atoms with Crippen molar-refractivity contribution in [2.24, 2.45) is 15.5 Å². The molecule has 0 aromatic rings. The van der Waals surface area contributed by atoms with Gasteiger partial charge in [0.25, 0.3) is 5.91 Å². The van der Waals surface area contributed by atoms with Crippen molar-refractivity contribution in [1.82, 2.24) is 14.8 Å². The highest BCUT2D eigenvalue weighted by atomic mass is 16.2. The number of imide groups is 1. The van der Waals surface area contributed by atoms with Gasteiger partial charge in [-0.15, -0.1) is 10.1 Å². The van der Waals surface area contributed by atoms with E-state index < -0.39 is 6.04 Å². The quantitative estimate of drug-likeness (QED) is 0.666. The first kappa shape index (κ1) is 16.6. The Morgan fingerprint density at radius 1 is 1.17 bits per heavy atom. The molecule has 0 aromatic carbocycles. The maximum Gasteiger partial charge on any atom is 0.416 e. The van der Waals surface area contributed by atoms with Crippen molar-refractivity contribution in [2.75, 3.05) is 20.6 Å². The summed E-state index contributed by atoms with van der Waals surface area (Å²) in [5, 5.41) is 6.63. The van der Waals surface area contributed by atoms with Crippen LogP contribution in [0.2, 0.25) is 0 Å². The summed E-state index contributed by atoms with van der Waals surface area (Å²) in [6.07, 6.45) is 0. The van der Waals surface area contributed by atoms with Gasteiger partial charge >= 0.3 is 12.0 Å². The molecule has 0 radical (unpaired) electrons. The zero-order valence-electron chi connectivity index (χ0n) is 15.4. The normalized spacial score (nSPS) is 24.5. The number of nitrogens with zero attached hydrogens (tertiary/aromatic N) is 6. The topological polar surface area (TPSA) is 71.6 Å². The molecule has 3 aliphatic heterocycles. The van der Waals surface area contributed by atoms with Crippen molar-refractivity contribution in [3.05, 3.63) is 0 Å². The van der Waals surface area contributed by atoms with Crippen molar-refractivity contribution in [3.63, 3.8) is 0 Å². The number of hydrazone groups is 1. The molecule has 24 heavy (non-hydrogen) atoms. The van der Waals surface area contributed by atoms with E-state index in [0.29, 0.717) is 18.3 Å². The van der Waals surface area contributed by atoms with E-state index in [9.17, 15) is 9.59 Å². The Kier molecular flexibility index (Phi) is 3.54. The molecule has 3 heterocycles. The summed E-state index contributed by atoms with van der Waals surface area (Å²) in [5.74, 6) is 0.876. The van der Waals surface area contributed by atoms with Gasteiger partial charge in [-0.3, -0.25) is 14.6 Å². The van der Waals surface area contributed by atoms with Crippen LogP contribution < -0.4 is 0 Å². The second kappa shape index (κ2) is 5.12. The van der Waals surface area contributed by atoms with Crippen LogP contribution in [-0.4, -0.2) is 81.6 Å². The van der Waals surface area contributed by atoms with Gasteiger partial charge in [-0.05, 0) is 13.8 Å². The van der Waals surface area contributed by atoms with E-state index in [1.54, 1.807) is 7.05 Å². The SMILES string of the molecule is CC(C)N1N=C(C(C)(C)C)C[N+]2=C1N=C1C2C(=O)N(C)C(=O)N1C. The lowest BCUT2D eigenvalue weighted by Crippen LogP contribution is -2.62. The summed E-state index contributed by atoms with van der Waals surface area (Å²) in [5.41, 5.74) is 0.874. The highest BCUT2D eigenvalue weighted by molar-refractivity contribution is 6.23.